The number of para-hydroxylation sites is 2. The second-order valence-electron chi connectivity index (χ2n) is 15.5. The van der Waals surface area contributed by atoms with Crippen LogP contribution in [-0.4, -0.2) is 80.8 Å². The lowest BCUT2D eigenvalue weighted by molar-refractivity contribution is -0.383. The fourth-order valence-electron chi connectivity index (χ4n) is 7.89. The molecule has 0 spiro atoms. The number of anilines is 2. The number of nitrogens with zero attached hydrogens (tertiary/aromatic N) is 6. The number of nitro groups is 1. The molecule has 4 atom stereocenters. The largest absolute Gasteiger partial charge is 0.497 e. The summed E-state index contributed by atoms with van der Waals surface area (Å²) in [4.78, 5) is 36.5. The Morgan fingerprint density at radius 2 is 1.56 bits per heavy atom. The number of nitrogens with one attached hydrogen (secondary N) is 2. The lowest BCUT2D eigenvalue weighted by atomic mass is 9.80. The van der Waals surface area contributed by atoms with Crippen molar-refractivity contribution < 1.29 is 32.9 Å². The molecule has 4 aromatic carbocycles. The van der Waals surface area contributed by atoms with Crippen LogP contribution < -0.4 is 20.3 Å². The van der Waals surface area contributed by atoms with Crippen molar-refractivity contribution in [1.82, 2.24) is 24.2 Å². The molecule has 334 valence electrons. The topological polar surface area (TPSA) is 201 Å². The number of methoxy groups -OCH3 is 2. The van der Waals surface area contributed by atoms with Crippen LogP contribution in [-0.2, 0) is 24.1 Å². The van der Waals surface area contributed by atoms with Gasteiger partial charge in [0.2, 0.25) is 5.95 Å². The number of imidazole rings is 1. The first-order valence-electron chi connectivity index (χ1n) is 20.8. The summed E-state index contributed by atoms with van der Waals surface area (Å²) in [7, 11) is 1.50. The van der Waals surface area contributed by atoms with E-state index in [0.29, 0.717) is 11.5 Å². The molecule has 0 saturated carbocycles. The zero-order chi connectivity index (χ0) is 45.4. The van der Waals surface area contributed by atoms with Crippen LogP contribution in [0.4, 0.5) is 17.3 Å². The Morgan fingerprint density at radius 3 is 2.16 bits per heavy atom. The third kappa shape index (κ3) is 9.78. The molecule has 0 aliphatic carbocycles. The second-order valence-corrected chi connectivity index (χ2v) is 16.9. The Hall–Kier alpha value is -6.25. The molecule has 1 saturated heterocycles. The zero-order valence-electron chi connectivity index (χ0n) is 36.4. The molecule has 1 aliphatic heterocycles. The minimum absolute atomic E-state index is 0.00394. The third-order valence-corrected chi connectivity index (χ3v) is 13.0. The zero-order valence-corrected chi connectivity index (χ0v) is 37.3. The molecule has 6 aromatic rings. The Labute approximate surface area is 372 Å². The van der Waals surface area contributed by atoms with Gasteiger partial charge in [0.25, 0.3) is 19.8 Å². The van der Waals surface area contributed by atoms with E-state index in [9.17, 15) is 20.2 Å². The number of H-pyrrole nitrogens is 1. The summed E-state index contributed by atoms with van der Waals surface area (Å²) < 4.78 is 42.6. The monoisotopic (exact) mass is 890 g/mol. The van der Waals surface area contributed by atoms with Gasteiger partial charge in [-0.1, -0.05) is 66.7 Å². The normalized spacial score (nSPS) is 16.9. The average molecular weight is 891 g/mol. The molecule has 1 aliphatic rings. The summed E-state index contributed by atoms with van der Waals surface area (Å²) in [5.74, 6) is 1.34. The van der Waals surface area contributed by atoms with Crippen LogP contribution in [0.2, 0.25) is 0 Å². The van der Waals surface area contributed by atoms with Gasteiger partial charge in [0.05, 0.1) is 57.3 Å². The van der Waals surface area contributed by atoms with Gasteiger partial charge in [-0.25, -0.2) is 9.65 Å². The van der Waals surface area contributed by atoms with Crippen molar-refractivity contribution in [2.45, 2.75) is 76.7 Å². The van der Waals surface area contributed by atoms with E-state index in [1.807, 2.05) is 78.9 Å². The second kappa shape index (κ2) is 20.5. The number of ether oxygens (including phenoxy) is 4. The number of aromatic nitrogens is 4. The molecule has 1 unspecified atom stereocenters. The molecule has 2 aromatic heterocycles. The smallest absolute Gasteiger partial charge is 0.292 e. The fourth-order valence-corrected chi connectivity index (χ4v) is 9.64. The molecule has 0 amide bonds. The highest BCUT2D eigenvalue weighted by molar-refractivity contribution is 7.44. The Balaban J connectivity index is 1.31. The average Bonchev–Trinajstić information content (AvgIpc) is 3.91. The summed E-state index contributed by atoms with van der Waals surface area (Å²) in [5.41, 5.74) is 0.950. The van der Waals surface area contributed by atoms with Crippen LogP contribution in [0.3, 0.4) is 0 Å². The highest BCUT2D eigenvalue weighted by Crippen LogP contribution is 2.51. The van der Waals surface area contributed by atoms with Crippen LogP contribution in [0.5, 0.6) is 11.5 Å². The van der Waals surface area contributed by atoms with E-state index >= 15 is 0 Å². The first kappa shape index (κ1) is 45.8. The van der Waals surface area contributed by atoms with Crippen molar-refractivity contribution in [3.05, 3.63) is 147 Å². The number of hydrogen-bond donors (Lipinski definition) is 2. The third-order valence-electron chi connectivity index (χ3n) is 10.8. The predicted molar refractivity (Wildman–Crippen MR) is 241 cm³/mol. The molecule has 0 radical (unpaired) electrons. The van der Waals surface area contributed by atoms with Gasteiger partial charge >= 0.3 is 0 Å². The van der Waals surface area contributed by atoms with Gasteiger partial charge in [-0.3, -0.25) is 24.5 Å². The number of nitriles is 1. The van der Waals surface area contributed by atoms with Crippen LogP contribution in [0.25, 0.3) is 11.2 Å². The van der Waals surface area contributed by atoms with E-state index in [0.717, 1.165) is 16.7 Å². The predicted octanol–water partition coefficient (Wildman–Crippen LogP) is 8.75. The minimum Gasteiger partial charge on any atom is -0.497 e. The number of rotatable bonds is 20. The number of fused-ring (bicyclic) bond motifs is 1. The van der Waals surface area contributed by atoms with Crippen molar-refractivity contribution in [3.63, 3.8) is 0 Å². The van der Waals surface area contributed by atoms with Crippen LogP contribution in [0.15, 0.2) is 114 Å². The van der Waals surface area contributed by atoms with Crippen molar-refractivity contribution in [1.29, 1.82) is 5.26 Å². The Morgan fingerprint density at radius 1 is 0.953 bits per heavy atom. The van der Waals surface area contributed by atoms with Crippen molar-refractivity contribution >= 4 is 37.0 Å². The first-order chi connectivity index (χ1) is 31.0. The molecular formula is C46H51N8O9P. The maximum absolute atomic E-state index is 13.4. The van der Waals surface area contributed by atoms with Crippen LogP contribution >= 0.6 is 8.53 Å². The molecule has 7 rings (SSSR count). The fraction of sp³-hybridized carbons (Fsp3) is 0.348. The van der Waals surface area contributed by atoms with E-state index in [1.165, 1.54) is 18.5 Å². The molecule has 64 heavy (non-hydrogen) atoms. The van der Waals surface area contributed by atoms with Gasteiger partial charge in [0, 0.05) is 24.6 Å². The molecule has 1 fully saturated rings. The molecule has 2 N–H and O–H groups in total. The summed E-state index contributed by atoms with van der Waals surface area (Å²) in [6.45, 7) is 8.43. The van der Waals surface area contributed by atoms with E-state index in [1.54, 1.807) is 30.9 Å². The van der Waals surface area contributed by atoms with Gasteiger partial charge < -0.3 is 33.3 Å². The first-order valence-corrected chi connectivity index (χ1v) is 22.0. The lowest BCUT2D eigenvalue weighted by Crippen LogP contribution is -2.39. The molecule has 17 nitrogen and oxygen atoms in total. The van der Waals surface area contributed by atoms with E-state index in [-0.39, 0.29) is 66.6 Å². The van der Waals surface area contributed by atoms with E-state index in [2.05, 4.69) is 58.7 Å². The summed E-state index contributed by atoms with van der Waals surface area (Å²) >= 11 is 0. The lowest BCUT2D eigenvalue weighted by Gasteiger charge is -2.39. The van der Waals surface area contributed by atoms with Gasteiger partial charge in [0.15, 0.2) is 11.2 Å². The Bertz CT molecular complexity index is 2550. The number of nitro benzene ring substituents is 1. The summed E-state index contributed by atoms with van der Waals surface area (Å²) in [5, 5.41) is 24.1. The number of aromatic amines is 1. The van der Waals surface area contributed by atoms with Crippen molar-refractivity contribution in [2.24, 2.45) is 0 Å². The van der Waals surface area contributed by atoms with Crippen LogP contribution in [0, 0.1) is 21.4 Å². The van der Waals surface area contributed by atoms with Gasteiger partial charge in [0.1, 0.15) is 35.1 Å². The van der Waals surface area contributed by atoms with Crippen molar-refractivity contribution in [2.75, 3.05) is 32.8 Å². The van der Waals surface area contributed by atoms with Gasteiger partial charge in [-0.05, 0) is 74.7 Å². The summed E-state index contributed by atoms with van der Waals surface area (Å²) in [6.07, 6.45) is -0.241. The molecule has 0 bridgehead atoms. The maximum Gasteiger partial charge on any atom is 0.292 e. The minimum atomic E-state index is -1.73. The highest BCUT2D eigenvalue weighted by Gasteiger charge is 2.45. The SMILES string of the molecule is COc1ccc(C(OC[C@H]2O[C@@H](n3cnc4c(=O)[nH]c(Nc5ccccc5[N+](=O)[O-])nc43)C[C@@H]2OP(OCCC#N)N(C(C)C)C(C)C)(c2ccccc2)c2ccc(OC)cc2)cc1. The van der Waals surface area contributed by atoms with Crippen molar-refractivity contribution in [3.8, 4) is 17.6 Å². The quantitative estimate of drug-likeness (QED) is 0.0242. The van der Waals surface area contributed by atoms with E-state index < -0.39 is 43.0 Å². The van der Waals surface area contributed by atoms with Crippen LogP contribution in [0.1, 0.15) is 63.5 Å². The molecular weight excluding hydrogens is 840 g/mol. The standard InChI is InChI=1S/C46H51N8O9P/c1-30(2)53(31(3)4)64(61-26-12-25-47)63-39-27-41(52-29-48-42-43(52)50-45(51-44(42)55)49-37-15-10-11-16-38(37)54(56)57)62-40(39)28-60-46(32-13-8-7-9-14-32,33-17-21-35(58-5)22-18-33)34-19-23-36(59-6)24-20-34/h7-11,13-24,29-31,39-41H,12,26-28H2,1-6H3,(H2,49,50,51,55)/t39-,40+,41+,64?/m0/s1. The number of benzene rings is 4. The highest BCUT2D eigenvalue weighted by atomic mass is 31.2. The molecule has 18 heteroatoms. The Kier molecular flexibility index (Phi) is 14.7. The van der Waals surface area contributed by atoms with Gasteiger partial charge in [-0.2, -0.15) is 10.2 Å². The van der Waals surface area contributed by atoms with Gasteiger partial charge in [-0.15, -0.1) is 0 Å². The summed E-state index contributed by atoms with van der Waals surface area (Å²) in [6, 6.07) is 33.7. The number of hydrogen-bond acceptors (Lipinski definition) is 14. The van der Waals surface area contributed by atoms with E-state index in [4.69, 9.17) is 28.0 Å². The maximum atomic E-state index is 13.4. The molecule has 3 heterocycles.